The molecule has 92 valence electrons. The van der Waals surface area contributed by atoms with Crippen molar-refractivity contribution in [3.63, 3.8) is 0 Å². The zero-order valence-electron chi connectivity index (χ0n) is 9.33. The van der Waals surface area contributed by atoms with Crippen LogP contribution in [0.3, 0.4) is 0 Å². The minimum absolute atomic E-state index is 0.348. The van der Waals surface area contributed by atoms with Gasteiger partial charge in [0.15, 0.2) is 0 Å². The summed E-state index contributed by atoms with van der Waals surface area (Å²) in [5.74, 6) is 0.322. The zero-order valence-corrected chi connectivity index (χ0v) is 10.1. The minimum Gasteiger partial charge on any atom is -0.427 e. The van der Waals surface area contributed by atoms with Crippen LogP contribution in [-0.2, 0) is 4.79 Å². The Bertz CT molecular complexity index is 409. The van der Waals surface area contributed by atoms with E-state index in [0.29, 0.717) is 23.9 Å². The number of halogens is 1. The maximum absolute atomic E-state index is 11.3. The molecule has 17 heavy (non-hydrogen) atoms. The largest absolute Gasteiger partial charge is 0.427 e. The number of urea groups is 1. The number of carbonyl (C=O) groups is 2. The smallest absolute Gasteiger partial charge is 0.319 e. The van der Waals surface area contributed by atoms with Crippen molar-refractivity contribution < 1.29 is 14.3 Å². The normalized spacial score (nSPS) is 9.53. The lowest BCUT2D eigenvalue weighted by atomic mass is 10.3. The lowest BCUT2D eigenvalue weighted by Crippen LogP contribution is -2.30. The van der Waals surface area contributed by atoms with Crippen LogP contribution in [0.1, 0.15) is 6.92 Å². The molecule has 6 heteroatoms. The monoisotopic (exact) mass is 256 g/mol. The number of amides is 2. The summed E-state index contributed by atoms with van der Waals surface area (Å²) in [6, 6.07) is 6.19. The quantitative estimate of drug-likeness (QED) is 0.492. The minimum atomic E-state index is -0.409. The first-order valence-corrected chi connectivity index (χ1v) is 5.54. The Hall–Kier alpha value is -1.75. The van der Waals surface area contributed by atoms with Gasteiger partial charge < -0.3 is 15.4 Å². The molecule has 1 aromatic rings. The van der Waals surface area contributed by atoms with Gasteiger partial charge >= 0.3 is 12.0 Å². The van der Waals surface area contributed by atoms with E-state index >= 15 is 0 Å². The van der Waals surface area contributed by atoms with E-state index in [1.807, 2.05) is 0 Å². The molecule has 0 aromatic heterocycles. The molecule has 0 saturated heterocycles. The standard InChI is InChI=1S/C11H13ClN2O3/c1-8(15)17-10-4-2-3-9(7-10)14-11(16)13-6-5-12/h2-4,7H,5-6H2,1H3,(H2,13,14,16). The van der Waals surface area contributed by atoms with Crippen molar-refractivity contribution in [2.24, 2.45) is 0 Å². The van der Waals surface area contributed by atoms with Gasteiger partial charge in [-0.25, -0.2) is 4.79 Å². The molecule has 0 unspecified atom stereocenters. The van der Waals surface area contributed by atoms with Gasteiger partial charge in [0.2, 0.25) is 0 Å². The highest BCUT2D eigenvalue weighted by molar-refractivity contribution is 6.18. The summed E-state index contributed by atoms with van der Waals surface area (Å²) < 4.78 is 4.89. The van der Waals surface area contributed by atoms with E-state index < -0.39 is 5.97 Å². The number of hydrogen-bond acceptors (Lipinski definition) is 3. The van der Waals surface area contributed by atoms with Gasteiger partial charge in [-0.3, -0.25) is 4.79 Å². The highest BCUT2D eigenvalue weighted by Gasteiger charge is 2.03. The molecule has 0 spiro atoms. The molecule has 5 nitrogen and oxygen atoms in total. The molecular weight excluding hydrogens is 244 g/mol. The van der Waals surface area contributed by atoms with E-state index in [4.69, 9.17) is 16.3 Å². The second kappa shape index (κ2) is 6.75. The number of carbonyl (C=O) groups excluding carboxylic acids is 2. The zero-order chi connectivity index (χ0) is 12.7. The molecule has 2 amide bonds. The van der Waals surface area contributed by atoms with Gasteiger partial charge in [-0.1, -0.05) is 6.07 Å². The molecule has 0 fully saturated rings. The fourth-order valence-corrected chi connectivity index (χ4v) is 1.23. The number of rotatable bonds is 4. The predicted molar refractivity (Wildman–Crippen MR) is 65.5 cm³/mol. The summed E-state index contributed by atoms with van der Waals surface area (Å²) in [5.41, 5.74) is 0.538. The fourth-order valence-electron chi connectivity index (χ4n) is 1.14. The van der Waals surface area contributed by atoms with Gasteiger partial charge in [-0.2, -0.15) is 0 Å². The van der Waals surface area contributed by atoms with Crippen LogP contribution in [0.25, 0.3) is 0 Å². The highest BCUT2D eigenvalue weighted by Crippen LogP contribution is 2.17. The van der Waals surface area contributed by atoms with Gasteiger partial charge in [-0.05, 0) is 12.1 Å². The van der Waals surface area contributed by atoms with E-state index in [9.17, 15) is 9.59 Å². The summed E-state index contributed by atoms with van der Waals surface area (Å²) in [5, 5.41) is 5.14. The van der Waals surface area contributed by atoms with Crippen molar-refractivity contribution in [3.8, 4) is 5.75 Å². The first kappa shape index (κ1) is 13.3. The molecule has 0 radical (unpaired) electrons. The maximum Gasteiger partial charge on any atom is 0.319 e. The molecule has 0 bridgehead atoms. The van der Waals surface area contributed by atoms with Crippen molar-refractivity contribution in [2.75, 3.05) is 17.7 Å². The topological polar surface area (TPSA) is 67.4 Å². The third kappa shape index (κ3) is 5.21. The lowest BCUT2D eigenvalue weighted by Gasteiger charge is -2.07. The number of benzene rings is 1. The van der Waals surface area contributed by atoms with Crippen LogP contribution in [-0.4, -0.2) is 24.4 Å². The Balaban J connectivity index is 2.59. The molecule has 0 aliphatic heterocycles. The summed E-state index contributed by atoms with van der Waals surface area (Å²) in [6.45, 7) is 1.70. The van der Waals surface area contributed by atoms with Crippen molar-refractivity contribution in [1.29, 1.82) is 0 Å². The number of ether oxygens (including phenoxy) is 1. The van der Waals surface area contributed by atoms with Gasteiger partial charge in [-0.15, -0.1) is 11.6 Å². The number of alkyl halides is 1. The average Bonchev–Trinajstić information content (AvgIpc) is 2.26. The lowest BCUT2D eigenvalue weighted by molar-refractivity contribution is -0.131. The molecule has 1 aromatic carbocycles. The summed E-state index contributed by atoms with van der Waals surface area (Å²) >= 11 is 5.43. The van der Waals surface area contributed by atoms with Crippen molar-refractivity contribution in [1.82, 2.24) is 5.32 Å². The summed E-state index contributed by atoms with van der Waals surface area (Å²) in [4.78, 5) is 22.1. The third-order valence-corrected chi connectivity index (χ3v) is 1.92. The number of esters is 1. The fraction of sp³-hybridized carbons (Fsp3) is 0.273. The van der Waals surface area contributed by atoms with E-state index in [1.54, 1.807) is 24.3 Å². The SMILES string of the molecule is CC(=O)Oc1cccc(NC(=O)NCCCl)c1. The van der Waals surface area contributed by atoms with E-state index in [0.717, 1.165) is 0 Å². The van der Waals surface area contributed by atoms with E-state index in [-0.39, 0.29) is 6.03 Å². The van der Waals surface area contributed by atoms with Crippen molar-refractivity contribution >= 4 is 29.3 Å². The Morgan fingerprint density at radius 3 is 2.82 bits per heavy atom. The number of anilines is 1. The van der Waals surface area contributed by atoms with Gasteiger partial charge in [0.1, 0.15) is 5.75 Å². The van der Waals surface area contributed by atoms with Crippen LogP contribution >= 0.6 is 11.6 Å². The van der Waals surface area contributed by atoms with Crippen LogP contribution in [0.2, 0.25) is 0 Å². The molecular formula is C11H13ClN2O3. The first-order valence-electron chi connectivity index (χ1n) is 5.01. The number of nitrogens with one attached hydrogen (secondary N) is 2. The summed E-state index contributed by atoms with van der Waals surface area (Å²) in [7, 11) is 0. The molecule has 2 N–H and O–H groups in total. The predicted octanol–water partition coefficient (Wildman–Crippen LogP) is 1.97. The van der Waals surface area contributed by atoms with Gasteiger partial charge in [0.05, 0.1) is 0 Å². The van der Waals surface area contributed by atoms with Crippen LogP contribution < -0.4 is 15.4 Å². The second-order valence-corrected chi connectivity index (χ2v) is 3.57. The Morgan fingerprint density at radius 1 is 1.41 bits per heavy atom. The van der Waals surface area contributed by atoms with Crippen molar-refractivity contribution in [3.05, 3.63) is 24.3 Å². The average molecular weight is 257 g/mol. The molecule has 0 aliphatic rings. The second-order valence-electron chi connectivity index (χ2n) is 3.19. The van der Waals surface area contributed by atoms with Crippen molar-refractivity contribution in [2.45, 2.75) is 6.92 Å². The Kier molecular flexibility index (Phi) is 5.29. The van der Waals surface area contributed by atoms with E-state index in [1.165, 1.54) is 6.92 Å². The maximum atomic E-state index is 11.3. The highest BCUT2D eigenvalue weighted by atomic mass is 35.5. The van der Waals surface area contributed by atoms with Crippen LogP contribution in [0.4, 0.5) is 10.5 Å². The first-order chi connectivity index (χ1) is 8.11. The van der Waals surface area contributed by atoms with Crippen LogP contribution in [0.15, 0.2) is 24.3 Å². The number of hydrogen-bond donors (Lipinski definition) is 2. The van der Waals surface area contributed by atoms with Gasteiger partial charge in [0.25, 0.3) is 0 Å². The molecule has 0 saturated carbocycles. The molecule has 0 heterocycles. The molecule has 0 atom stereocenters. The molecule has 0 aliphatic carbocycles. The summed E-state index contributed by atoms with van der Waals surface area (Å²) in [6.07, 6.45) is 0. The van der Waals surface area contributed by atoms with E-state index in [2.05, 4.69) is 10.6 Å². The third-order valence-electron chi connectivity index (χ3n) is 1.73. The van der Waals surface area contributed by atoms with Crippen LogP contribution in [0.5, 0.6) is 5.75 Å². The Labute approximate surface area is 104 Å². The Morgan fingerprint density at radius 2 is 2.18 bits per heavy atom. The van der Waals surface area contributed by atoms with Crippen LogP contribution in [0, 0.1) is 0 Å². The molecule has 1 rings (SSSR count). The van der Waals surface area contributed by atoms with Gasteiger partial charge in [0, 0.05) is 31.1 Å².